The summed E-state index contributed by atoms with van der Waals surface area (Å²) in [7, 11) is 1.49. The summed E-state index contributed by atoms with van der Waals surface area (Å²) < 4.78 is 22.0. The number of hydrogen-bond acceptors (Lipinski definition) is 12. The molecule has 2 fully saturated rings. The topological polar surface area (TPSA) is 203 Å². The van der Waals surface area contributed by atoms with Crippen molar-refractivity contribution in [3.8, 4) is 35.6 Å². The molecule has 3 aromatic heterocycles. The predicted molar refractivity (Wildman–Crippen MR) is 203 cm³/mol. The van der Waals surface area contributed by atoms with Gasteiger partial charge in [-0.2, -0.15) is 5.26 Å². The molecular formula is C38H41N9O6S. The summed E-state index contributed by atoms with van der Waals surface area (Å²) in [6.45, 7) is 3.82. The third kappa shape index (κ3) is 9.11. The van der Waals surface area contributed by atoms with Crippen molar-refractivity contribution in [3.63, 3.8) is 0 Å². The number of thiazole rings is 1. The molecule has 5 N–H and O–H groups in total. The van der Waals surface area contributed by atoms with Crippen LogP contribution >= 0.6 is 11.3 Å². The number of amides is 1. The molecule has 1 amide bonds. The van der Waals surface area contributed by atoms with Crippen molar-refractivity contribution >= 4 is 45.5 Å². The molecule has 0 radical (unpaired) electrons. The molecule has 4 aromatic rings. The Hall–Kier alpha value is -5.62. The molecule has 0 saturated carbocycles. The zero-order valence-corrected chi connectivity index (χ0v) is 30.6. The van der Waals surface area contributed by atoms with E-state index in [0.29, 0.717) is 99.0 Å². The number of rotatable bonds is 17. The van der Waals surface area contributed by atoms with E-state index >= 15 is 0 Å². The number of nitrogens with one attached hydrogen (secondary N) is 5. The maximum absolute atomic E-state index is 13.7. The number of hydrogen-bond donors (Lipinski definition) is 5. The van der Waals surface area contributed by atoms with Gasteiger partial charge in [0.1, 0.15) is 35.0 Å². The second-order valence-electron chi connectivity index (χ2n) is 12.3. The molecule has 1 aromatic carbocycles. The van der Waals surface area contributed by atoms with Crippen molar-refractivity contribution in [1.82, 2.24) is 35.8 Å². The van der Waals surface area contributed by atoms with E-state index in [1.807, 2.05) is 35.7 Å². The summed E-state index contributed by atoms with van der Waals surface area (Å²) in [5.41, 5.74) is 4.28. The molecule has 2 aliphatic rings. The summed E-state index contributed by atoms with van der Waals surface area (Å²) in [6.07, 6.45) is 8.75. The number of nitriles is 1. The minimum Gasteiger partial charge on any atom is -0.494 e. The molecule has 0 spiro atoms. The Bertz CT molecular complexity index is 2070. The number of ether oxygens (including phenoxy) is 4. The minimum atomic E-state index is -0.653. The van der Waals surface area contributed by atoms with Crippen LogP contribution in [-0.4, -0.2) is 110 Å². The zero-order valence-electron chi connectivity index (χ0n) is 29.8. The Morgan fingerprint density at radius 3 is 2.67 bits per heavy atom. The fourth-order valence-corrected chi connectivity index (χ4v) is 6.99. The van der Waals surface area contributed by atoms with Crippen LogP contribution in [0.15, 0.2) is 53.7 Å². The van der Waals surface area contributed by atoms with Gasteiger partial charge >= 0.3 is 0 Å². The fraction of sp³-hybridized carbons (Fsp3) is 0.368. The molecule has 54 heavy (non-hydrogen) atoms. The first-order valence-corrected chi connectivity index (χ1v) is 18.4. The fourth-order valence-electron chi connectivity index (χ4n) is 6.13. The number of nitrogens with zero attached hydrogens (tertiary/aromatic N) is 4. The lowest BCUT2D eigenvalue weighted by Crippen LogP contribution is -2.41. The zero-order chi connectivity index (χ0) is 37.9. The van der Waals surface area contributed by atoms with Crippen molar-refractivity contribution in [2.45, 2.75) is 25.2 Å². The van der Waals surface area contributed by atoms with Gasteiger partial charge in [-0.05, 0) is 24.0 Å². The van der Waals surface area contributed by atoms with Crippen LogP contribution in [0.3, 0.4) is 0 Å². The number of benzene rings is 1. The lowest BCUT2D eigenvalue weighted by Gasteiger charge is -2.28. The number of pyridine rings is 1. The first-order chi connectivity index (χ1) is 26.4. The third-order valence-corrected chi connectivity index (χ3v) is 9.80. The Balaban J connectivity index is 1.01. The summed E-state index contributed by atoms with van der Waals surface area (Å²) in [4.78, 5) is 41.3. The Labute approximate surface area is 316 Å². The molecular weight excluding hydrogens is 711 g/mol. The molecule has 6 rings (SSSR count). The summed E-state index contributed by atoms with van der Waals surface area (Å²) in [5.74, 6) is 1.69. The van der Waals surface area contributed by atoms with Crippen molar-refractivity contribution < 1.29 is 28.5 Å². The number of terminal acetylenes is 1. The molecule has 2 atom stereocenters. The normalized spacial score (nSPS) is 16.4. The highest BCUT2D eigenvalue weighted by Crippen LogP contribution is 2.41. The van der Waals surface area contributed by atoms with E-state index < -0.39 is 11.7 Å². The lowest BCUT2D eigenvalue weighted by molar-refractivity contribution is -0.126. The van der Waals surface area contributed by atoms with Crippen LogP contribution < -0.4 is 20.7 Å². The molecule has 0 bridgehead atoms. The van der Waals surface area contributed by atoms with Gasteiger partial charge in [-0.3, -0.25) is 20.3 Å². The van der Waals surface area contributed by atoms with E-state index in [1.54, 1.807) is 4.90 Å². The minimum absolute atomic E-state index is 0.191. The van der Waals surface area contributed by atoms with Gasteiger partial charge in [-0.15, -0.1) is 17.8 Å². The smallest absolute Gasteiger partial charge is 0.295 e. The highest BCUT2D eigenvalue weighted by Gasteiger charge is 2.42. The number of Topliss-reactive ketones (excluding diaryl/α,β-unsaturated/α-hetero) is 1. The number of likely N-dealkylation sites (tertiary alicyclic amines) is 1. The second-order valence-corrected chi connectivity index (χ2v) is 13.2. The van der Waals surface area contributed by atoms with Gasteiger partial charge in [0.2, 0.25) is 0 Å². The van der Waals surface area contributed by atoms with Crippen molar-refractivity contribution in [2.24, 2.45) is 0 Å². The predicted octanol–water partition coefficient (Wildman–Crippen LogP) is 3.24. The number of aromatic nitrogens is 3. The summed E-state index contributed by atoms with van der Waals surface area (Å²) in [6, 6.07) is 11.8. The molecule has 2 unspecified atom stereocenters. The Kier molecular flexibility index (Phi) is 13.0. The van der Waals surface area contributed by atoms with Gasteiger partial charge < -0.3 is 39.5 Å². The van der Waals surface area contributed by atoms with Crippen LogP contribution in [0.5, 0.6) is 5.75 Å². The van der Waals surface area contributed by atoms with E-state index in [1.165, 1.54) is 30.8 Å². The number of piperidine rings is 1. The molecule has 15 nitrogen and oxygen atoms in total. The summed E-state index contributed by atoms with van der Waals surface area (Å²) >= 11 is 1.44. The van der Waals surface area contributed by atoms with Crippen molar-refractivity contribution in [3.05, 3.63) is 69.8 Å². The van der Waals surface area contributed by atoms with E-state index in [0.717, 1.165) is 16.1 Å². The van der Waals surface area contributed by atoms with Gasteiger partial charge in [0, 0.05) is 44.3 Å². The van der Waals surface area contributed by atoms with Crippen LogP contribution in [-0.2, 0) is 19.0 Å². The van der Waals surface area contributed by atoms with Gasteiger partial charge in [0.15, 0.2) is 12.1 Å². The molecule has 280 valence electrons. The number of carbonyl (C=O) groups is 2. The van der Waals surface area contributed by atoms with Gasteiger partial charge in [-0.1, -0.05) is 36.3 Å². The molecule has 5 heterocycles. The number of aromatic amines is 1. The van der Waals surface area contributed by atoms with Crippen LogP contribution in [0.4, 0.5) is 0 Å². The van der Waals surface area contributed by atoms with E-state index in [-0.39, 0.29) is 30.5 Å². The number of carbonyl (C=O) groups excluding carboxylic acids is 2. The maximum Gasteiger partial charge on any atom is 0.295 e. The number of fused-ring (bicyclic) bond motifs is 1. The first kappa shape index (κ1) is 38.1. The quantitative estimate of drug-likeness (QED) is 0.0154. The first-order valence-electron chi connectivity index (χ1n) is 17.5. The monoisotopic (exact) mass is 751 g/mol. The molecule has 2 saturated heterocycles. The maximum atomic E-state index is 13.7. The van der Waals surface area contributed by atoms with Crippen LogP contribution in [0.25, 0.3) is 27.9 Å². The van der Waals surface area contributed by atoms with Crippen molar-refractivity contribution in [1.29, 1.82) is 10.7 Å². The number of ketones is 1. The van der Waals surface area contributed by atoms with Crippen LogP contribution in [0.1, 0.15) is 39.9 Å². The van der Waals surface area contributed by atoms with Gasteiger partial charge in [-0.25, -0.2) is 9.97 Å². The number of guanidine groups is 1. The standard InChI is InChI=1S/C38H41N9O6S/c1-3-16-51-18-19-52-17-13-43-38(40)42-12-11-41-35-34(53-35)36-46-28(23-54-36)31-32-30(29(50-2)22-45-31)27(21-44-32)33(48)37(49)47-14-9-25(10-15-47)26(20-39)24-7-5-4-6-8-24/h1,4-8,21-23,34-35,41,44H,9-19H2,2H3,(H3,40,42,43). The molecule has 2 aliphatic heterocycles. The average molecular weight is 752 g/mol. The van der Waals surface area contributed by atoms with Gasteiger partial charge in [0.05, 0.1) is 61.2 Å². The Morgan fingerprint density at radius 2 is 1.91 bits per heavy atom. The third-order valence-electron chi connectivity index (χ3n) is 8.89. The highest BCUT2D eigenvalue weighted by atomic mass is 32.1. The number of epoxide rings is 1. The number of allylic oxidation sites excluding steroid dienone is 1. The SMILES string of the molecule is C#CCOCCOCCNC(=N)NCCNC1OC1c1nc(-c2ncc(OC)c3c(C(=O)C(=O)N4CCC(=C(C#N)c5ccccc5)CC4)c[nH]c23)cs1. The van der Waals surface area contributed by atoms with Crippen LogP contribution in [0.2, 0.25) is 0 Å². The van der Waals surface area contributed by atoms with Crippen molar-refractivity contribution in [2.75, 3.05) is 66.3 Å². The van der Waals surface area contributed by atoms with Crippen LogP contribution in [0, 0.1) is 29.1 Å². The average Bonchev–Trinajstić information content (AvgIpc) is 3.56. The van der Waals surface area contributed by atoms with E-state index in [2.05, 4.69) is 37.9 Å². The van der Waals surface area contributed by atoms with Gasteiger partial charge in [0.25, 0.3) is 11.7 Å². The lowest BCUT2D eigenvalue weighted by atomic mass is 9.93. The second kappa shape index (κ2) is 18.4. The van der Waals surface area contributed by atoms with E-state index in [4.69, 9.17) is 35.8 Å². The molecule has 0 aliphatic carbocycles. The summed E-state index contributed by atoms with van der Waals surface area (Å²) in [5, 5.41) is 30.2. The van der Waals surface area contributed by atoms with E-state index in [9.17, 15) is 14.9 Å². The Morgan fingerprint density at radius 1 is 1.13 bits per heavy atom. The number of methoxy groups -OCH3 is 1. The molecule has 16 heteroatoms. The number of H-pyrrole nitrogens is 1. The highest BCUT2D eigenvalue weighted by molar-refractivity contribution is 7.10. The largest absolute Gasteiger partial charge is 0.494 e.